The van der Waals surface area contributed by atoms with Crippen molar-refractivity contribution in [2.24, 2.45) is 7.05 Å². The zero-order valence-corrected chi connectivity index (χ0v) is 12.5. The minimum Gasteiger partial charge on any atom is -0.496 e. The molecule has 0 saturated carbocycles. The van der Waals surface area contributed by atoms with Crippen molar-refractivity contribution in [2.75, 3.05) is 14.2 Å². The molecule has 0 fully saturated rings. The van der Waals surface area contributed by atoms with Gasteiger partial charge in [-0.15, -0.1) is 0 Å². The number of halogens is 2. The maximum Gasteiger partial charge on any atom is 0.124 e. The second-order valence-electron chi connectivity index (χ2n) is 4.11. The van der Waals surface area contributed by atoms with Gasteiger partial charge in [0.1, 0.15) is 5.75 Å². The van der Waals surface area contributed by atoms with Crippen LogP contribution in [0.3, 0.4) is 0 Å². The van der Waals surface area contributed by atoms with Crippen LogP contribution in [0.2, 0.25) is 10.0 Å². The van der Waals surface area contributed by atoms with E-state index in [4.69, 9.17) is 27.9 Å². The van der Waals surface area contributed by atoms with E-state index < -0.39 is 0 Å². The number of hydrogen-bond acceptors (Lipinski definition) is 3. The van der Waals surface area contributed by atoms with Crippen LogP contribution < -0.4 is 10.1 Å². The van der Waals surface area contributed by atoms with Gasteiger partial charge >= 0.3 is 0 Å². The third-order valence-electron chi connectivity index (χ3n) is 3.00. The highest BCUT2D eigenvalue weighted by Crippen LogP contribution is 2.34. The van der Waals surface area contributed by atoms with Gasteiger partial charge in [0.2, 0.25) is 0 Å². The molecule has 6 heteroatoms. The molecule has 1 aromatic carbocycles. The minimum absolute atomic E-state index is 0.145. The molecule has 0 bridgehead atoms. The van der Waals surface area contributed by atoms with Crippen molar-refractivity contribution < 1.29 is 4.74 Å². The molecule has 0 radical (unpaired) electrons. The monoisotopic (exact) mass is 299 g/mol. The van der Waals surface area contributed by atoms with E-state index >= 15 is 0 Å². The summed E-state index contributed by atoms with van der Waals surface area (Å²) in [4.78, 5) is 0. The molecule has 102 valence electrons. The second kappa shape index (κ2) is 5.82. The lowest BCUT2D eigenvalue weighted by atomic mass is 10.0. The number of nitrogens with zero attached hydrogens (tertiary/aromatic N) is 2. The van der Waals surface area contributed by atoms with E-state index in [0.717, 1.165) is 17.0 Å². The number of nitrogens with one attached hydrogen (secondary N) is 1. The van der Waals surface area contributed by atoms with Crippen molar-refractivity contribution in [3.63, 3.8) is 0 Å². The van der Waals surface area contributed by atoms with Crippen LogP contribution in [0.15, 0.2) is 24.4 Å². The molecule has 1 aromatic heterocycles. The van der Waals surface area contributed by atoms with Gasteiger partial charge < -0.3 is 10.1 Å². The van der Waals surface area contributed by atoms with Crippen LogP contribution in [0, 0.1) is 0 Å². The maximum atomic E-state index is 6.21. The maximum absolute atomic E-state index is 6.21. The molecule has 0 aliphatic heterocycles. The first-order valence-electron chi connectivity index (χ1n) is 5.76. The number of hydrogen-bond donors (Lipinski definition) is 1. The van der Waals surface area contributed by atoms with Gasteiger partial charge in [0.25, 0.3) is 0 Å². The molecule has 0 aliphatic rings. The lowest BCUT2D eigenvalue weighted by Crippen LogP contribution is -2.21. The van der Waals surface area contributed by atoms with Crippen molar-refractivity contribution in [1.82, 2.24) is 15.1 Å². The van der Waals surface area contributed by atoms with Crippen molar-refractivity contribution in [3.05, 3.63) is 45.7 Å². The smallest absolute Gasteiger partial charge is 0.124 e. The Morgan fingerprint density at radius 2 is 2.11 bits per heavy atom. The van der Waals surface area contributed by atoms with Gasteiger partial charge in [-0.05, 0) is 25.2 Å². The largest absolute Gasteiger partial charge is 0.496 e. The summed E-state index contributed by atoms with van der Waals surface area (Å²) in [5.41, 5.74) is 1.78. The third-order valence-corrected chi connectivity index (χ3v) is 3.53. The van der Waals surface area contributed by atoms with Crippen LogP contribution in [0.1, 0.15) is 17.3 Å². The highest BCUT2D eigenvalue weighted by atomic mass is 35.5. The zero-order valence-electron chi connectivity index (χ0n) is 10.9. The number of aryl methyl sites for hydroxylation is 1. The predicted molar refractivity (Wildman–Crippen MR) is 77.1 cm³/mol. The Hall–Kier alpha value is -1.23. The Labute approximate surface area is 122 Å². The molecule has 19 heavy (non-hydrogen) atoms. The predicted octanol–water partition coefficient (Wildman–Crippen LogP) is 3.04. The lowest BCUT2D eigenvalue weighted by molar-refractivity contribution is 0.404. The third kappa shape index (κ3) is 2.71. The van der Waals surface area contributed by atoms with Crippen molar-refractivity contribution >= 4 is 23.2 Å². The molecule has 4 nitrogen and oxygen atoms in total. The fourth-order valence-corrected chi connectivity index (χ4v) is 2.57. The van der Waals surface area contributed by atoms with E-state index in [2.05, 4.69) is 10.4 Å². The molecule has 0 aliphatic carbocycles. The molecule has 1 N–H and O–H groups in total. The van der Waals surface area contributed by atoms with Crippen LogP contribution >= 0.6 is 23.2 Å². The van der Waals surface area contributed by atoms with Gasteiger partial charge in [0, 0.05) is 17.6 Å². The van der Waals surface area contributed by atoms with Gasteiger partial charge in [-0.2, -0.15) is 5.10 Å². The average Bonchev–Trinajstić information content (AvgIpc) is 2.72. The van der Waals surface area contributed by atoms with Gasteiger partial charge in [0.15, 0.2) is 0 Å². The highest BCUT2D eigenvalue weighted by Gasteiger charge is 2.22. The first-order chi connectivity index (χ1) is 9.08. The van der Waals surface area contributed by atoms with E-state index in [1.807, 2.05) is 26.2 Å². The summed E-state index contributed by atoms with van der Waals surface area (Å²) in [6.07, 6.45) is 1.62. The Balaban J connectivity index is 2.57. The topological polar surface area (TPSA) is 39.1 Å². The van der Waals surface area contributed by atoms with E-state index in [-0.39, 0.29) is 6.04 Å². The van der Waals surface area contributed by atoms with E-state index in [9.17, 15) is 0 Å². The number of ether oxygens (including phenoxy) is 1. The summed E-state index contributed by atoms with van der Waals surface area (Å²) in [6.45, 7) is 0. The average molecular weight is 300 g/mol. The number of benzene rings is 1. The highest BCUT2D eigenvalue weighted by molar-refractivity contribution is 6.31. The van der Waals surface area contributed by atoms with E-state index in [1.54, 1.807) is 24.1 Å². The summed E-state index contributed by atoms with van der Waals surface area (Å²) in [5.74, 6) is 0.751. The van der Waals surface area contributed by atoms with Crippen LogP contribution in [-0.2, 0) is 7.05 Å². The molecular weight excluding hydrogens is 285 g/mol. The molecule has 0 spiro atoms. The molecular formula is C13H15Cl2N3O. The minimum atomic E-state index is -0.145. The van der Waals surface area contributed by atoms with Crippen LogP contribution in [0.25, 0.3) is 0 Å². The Morgan fingerprint density at radius 1 is 1.37 bits per heavy atom. The van der Waals surface area contributed by atoms with Crippen LogP contribution in [-0.4, -0.2) is 23.9 Å². The fraction of sp³-hybridized carbons (Fsp3) is 0.308. The van der Waals surface area contributed by atoms with Crippen LogP contribution in [0.4, 0.5) is 0 Å². The first-order valence-corrected chi connectivity index (χ1v) is 6.52. The number of aromatic nitrogens is 2. The molecule has 0 saturated heterocycles. The number of rotatable bonds is 4. The molecule has 2 aromatic rings. The zero-order chi connectivity index (χ0) is 14.0. The normalized spacial score (nSPS) is 12.5. The van der Waals surface area contributed by atoms with Crippen molar-refractivity contribution in [2.45, 2.75) is 6.04 Å². The molecule has 1 unspecified atom stereocenters. The SMILES string of the molecule is CNC(c1cc(Cl)ccc1OC)c1c(Cl)cnn1C. The first kappa shape index (κ1) is 14.2. The Kier molecular flexibility index (Phi) is 4.34. The standard InChI is InChI=1S/C13H15Cl2N3O/c1-16-12(13-10(15)7-17-18(13)2)9-6-8(14)4-5-11(9)19-3/h4-7,12,16H,1-3H3. The van der Waals surface area contributed by atoms with E-state index in [1.165, 1.54) is 0 Å². The van der Waals surface area contributed by atoms with Gasteiger partial charge in [-0.3, -0.25) is 4.68 Å². The summed E-state index contributed by atoms with van der Waals surface area (Å²) < 4.78 is 7.13. The summed E-state index contributed by atoms with van der Waals surface area (Å²) in [6, 6.07) is 5.35. The second-order valence-corrected chi connectivity index (χ2v) is 4.95. The molecule has 1 heterocycles. The summed E-state index contributed by atoms with van der Waals surface area (Å²) >= 11 is 12.3. The Morgan fingerprint density at radius 3 is 2.63 bits per heavy atom. The fourth-order valence-electron chi connectivity index (χ4n) is 2.12. The lowest BCUT2D eigenvalue weighted by Gasteiger charge is -2.20. The van der Waals surface area contributed by atoms with Crippen molar-refractivity contribution in [3.8, 4) is 5.75 Å². The van der Waals surface area contributed by atoms with Gasteiger partial charge in [0.05, 0.1) is 30.1 Å². The van der Waals surface area contributed by atoms with Gasteiger partial charge in [-0.25, -0.2) is 0 Å². The van der Waals surface area contributed by atoms with Gasteiger partial charge in [-0.1, -0.05) is 23.2 Å². The van der Waals surface area contributed by atoms with E-state index in [0.29, 0.717) is 10.0 Å². The quantitative estimate of drug-likeness (QED) is 0.943. The molecule has 1 atom stereocenters. The molecule has 0 amide bonds. The summed E-state index contributed by atoms with van der Waals surface area (Å²) in [7, 11) is 5.33. The number of methoxy groups -OCH3 is 1. The Bertz CT molecular complexity index is 564. The summed E-state index contributed by atoms with van der Waals surface area (Å²) in [5, 5.41) is 8.63. The molecule has 2 rings (SSSR count). The van der Waals surface area contributed by atoms with Crippen LogP contribution in [0.5, 0.6) is 5.75 Å². The van der Waals surface area contributed by atoms with Crippen molar-refractivity contribution in [1.29, 1.82) is 0 Å².